The van der Waals surface area contributed by atoms with Gasteiger partial charge in [0.2, 0.25) is 5.91 Å². The predicted molar refractivity (Wildman–Crippen MR) is 75.1 cm³/mol. The molecule has 1 atom stereocenters. The molecule has 3 N–H and O–H groups in total. The van der Waals surface area contributed by atoms with E-state index in [4.69, 9.17) is 5.73 Å². The van der Waals surface area contributed by atoms with E-state index in [0.29, 0.717) is 18.9 Å². The molecule has 0 aliphatic carbocycles. The van der Waals surface area contributed by atoms with Gasteiger partial charge < -0.3 is 11.1 Å². The fourth-order valence-electron chi connectivity index (χ4n) is 1.97. The molecule has 1 rings (SSSR count). The van der Waals surface area contributed by atoms with E-state index in [1.807, 2.05) is 18.2 Å². The Morgan fingerprint density at radius 3 is 2.44 bits per heavy atom. The minimum atomic E-state index is 0.0941. The largest absolute Gasteiger partial charge is 0.349 e. The normalized spacial score (nSPS) is 12.4. The molecule has 3 nitrogen and oxygen atoms in total. The van der Waals surface area contributed by atoms with E-state index < -0.39 is 0 Å². The number of nitrogens with two attached hydrogens (primary N) is 1. The number of nitrogens with one attached hydrogen (secondary N) is 1. The van der Waals surface area contributed by atoms with Gasteiger partial charge in [-0.25, -0.2) is 0 Å². The fraction of sp³-hybridized carbons (Fsp3) is 0.533. The predicted octanol–water partition coefficient (Wildman–Crippen LogP) is 2.63. The molecule has 0 aromatic heterocycles. The Hall–Kier alpha value is -1.35. The molecule has 100 valence electrons. The van der Waals surface area contributed by atoms with Crippen molar-refractivity contribution < 1.29 is 4.79 Å². The van der Waals surface area contributed by atoms with Crippen LogP contribution in [0.2, 0.25) is 0 Å². The molecule has 0 heterocycles. The van der Waals surface area contributed by atoms with Crippen molar-refractivity contribution in [3.05, 3.63) is 35.9 Å². The van der Waals surface area contributed by atoms with Crippen LogP contribution in [0.25, 0.3) is 0 Å². The molecule has 0 fully saturated rings. The van der Waals surface area contributed by atoms with E-state index in [9.17, 15) is 4.79 Å². The van der Waals surface area contributed by atoms with Gasteiger partial charge in [-0.1, -0.05) is 44.2 Å². The van der Waals surface area contributed by atoms with Gasteiger partial charge in [-0.2, -0.15) is 0 Å². The van der Waals surface area contributed by atoms with E-state index >= 15 is 0 Å². The summed E-state index contributed by atoms with van der Waals surface area (Å²) in [7, 11) is 0. The maximum atomic E-state index is 11.9. The Morgan fingerprint density at radius 2 is 1.89 bits per heavy atom. The Kier molecular flexibility index (Phi) is 6.44. The van der Waals surface area contributed by atoms with Crippen molar-refractivity contribution in [3.63, 3.8) is 0 Å². The van der Waals surface area contributed by atoms with Crippen LogP contribution in [0.1, 0.15) is 44.7 Å². The van der Waals surface area contributed by atoms with Crippen LogP contribution < -0.4 is 11.1 Å². The number of rotatable bonds is 7. The average Bonchev–Trinajstić information content (AvgIpc) is 2.37. The van der Waals surface area contributed by atoms with Gasteiger partial charge in [0.1, 0.15) is 0 Å². The number of unbranched alkanes of at least 4 members (excludes halogenated alkanes) is 1. The maximum absolute atomic E-state index is 11.9. The molecule has 0 aliphatic rings. The maximum Gasteiger partial charge on any atom is 0.220 e. The van der Waals surface area contributed by atoms with Gasteiger partial charge in [-0.05, 0) is 30.9 Å². The molecule has 0 aliphatic heterocycles. The van der Waals surface area contributed by atoms with Crippen molar-refractivity contribution in [1.29, 1.82) is 0 Å². The smallest absolute Gasteiger partial charge is 0.220 e. The molecule has 0 saturated heterocycles. The number of benzene rings is 1. The second-order valence-electron chi connectivity index (χ2n) is 4.95. The summed E-state index contributed by atoms with van der Waals surface area (Å²) in [5.74, 6) is 0.497. The number of hydrogen-bond acceptors (Lipinski definition) is 2. The quantitative estimate of drug-likeness (QED) is 0.729. The van der Waals surface area contributed by atoms with E-state index in [-0.39, 0.29) is 11.9 Å². The van der Waals surface area contributed by atoms with Crippen molar-refractivity contribution in [1.82, 2.24) is 5.32 Å². The topological polar surface area (TPSA) is 55.1 Å². The van der Waals surface area contributed by atoms with Gasteiger partial charge >= 0.3 is 0 Å². The molecular formula is C15H24N2O. The highest BCUT2D eigenvalue weighted by molar-refractivity contribution is 5.76. The molecule has 3 heteroatoms. The summed E-state index contributed by atoms with van der Waals surface area (Å²) in [5, 5.41) is 3.11. The monoisotopic (exact) mass is 248 g/mol. The number of carbonyl (C=O) groups excluding carboxylic acids is 1. The molecule has 0 radical (unpaired) electrons. The summed E-state index contributed by atoms with van der Waals surface area (Å²) in [6.45, 7) is 4.90. The van der Waals surface area contributed by atoms with Crippen molar-refractivity contribution in [2.75, 3.05) is 6.54 Å². The van der Waals surface area contributed by atoms with E-state index in [1.54, 1.807) is 0 Å². The fourth-order valence-corrected chi connectivity index (χ4v) is 1.97. The van der Waals surface area contributed by atoms with E-state index in [0.717, 1.165) is 12.8 Å². The Labute approximate surface area is 110 Å². The first kappa shape index (κ1) is 14.7. The lowest BCUT2D eigenvalue weighted by Gasteiger charge is -2.23. The summed E-state index contributed by atoms with van der Waals surface area (Å²) in [5.41, 5.74) is 6.59. The van der Waals surface area contributed by atoms with Crippen LogP contribution >= 0.6 is 0 Å². The Morgan fingerprint density at radius 1 is 1.22 bits per heavy atom. The van der Waals surface area contributed by atoms with Crippen molar-refractivity contribution in [2.24, 2.45) is 11.7 Å². The summed E-state index contributed by atoms with van der Waals surface area (Å²) in [6.07, 6.45) is 2.33. The summed E-state index contributed by atoms with van der Waals surface area (Å²) in [6, 6.07) is 10.2. The lowest BCUT2D eigenvalue weighted by atomic mass is 9.96. The number of amides is 1. The van der Waals surface area contributed by atoms with Crippen LogP contribution in [0.3, 0.4) is 0 Å². The Balaban J connectivity index is 2.56. The molecule has 0 bridgehead atoms. The number of hydrogen-bond donors (Lipinski definition) is 2. The number of carbonyl (C=O) groups is 1. The Bertz CT molecular complexity index is 349. The van der Waals surface area contributed by atoms with E-state index in [1.165, 1.54) is 5.56 Å². The van der Waals surface area contributed by atoms with Crippen LogP contribution in [0.5, 0.6) is 0 Å². The minimum absolute atomic E-state index is 0.0941. The van der Waals surface area contributed by atoms with Gasteiger partial charge in [0, 0.05) is 6.42 Å². The van der Waals surface area contributed by atoms with Gasteiger partial charge in [0.05, 0.1) is 6.04 Å². The first-order valence-electron chi connectivity index (χ1n) is 6.69. The zero-order valence-electron chi connectivity index (χ0n) is 11.4. The second kappa shape index (κ2) is 7.88. The highest BCUT2D eigenvalue weighted by atomic mass is 16.1. The molecule has 1 aromatic carbocycles. The highest BCUT2D eigenvalue weighted by Gasteiger charge is 2.17. The first-order valence-corrected chi connectivity index (χ1v) is 6.69. The minimum Gasteiger partial charge on any atom is -0.349 e. The third-order valence-corrected chi connectivity index (χ3v) is 3.00. The average molecular weight is 248 g/mol. The molecular weight excluding hydrogens is 224 g/mol. The SMILES string of the molecule is CC(C)C(NC(=O)CCCCN)c1ccccc1. The molecule has 0 saturated carbocycles. The van der Waals surface area contributed by atoms with Gasteiger partial charge in [0.15, 0.2) is 0 Å². The molecule has 0 spiro atoms. The molecule has 1 unspecified atom stereocenters. The zero-order chi connectivity index (χ0) is 13.4. The highest BCUT2D eigenvalue weighted by Crippen LogP contribution is 2.21. The van der Waals surface area contributed by atoms with Gasteiger partial charge in [0.25, 0.3) is 0 Å². The zero-order valence-corrected chi connectivity index (χ0v) is 11.4. The third-order valence-electron chi connectivity index (χ3n) is 3.00. The summed E-state index contributed by atoms with van der Waals surface area (Å²) >= 11 is 0. The van der Waals surface area contributed by atoms with E-state index in [2.05, 4.69) is 31.3 Å². The van der Waals surface area contributed by atoms with Crippen LogP contribution in [0.15, 0.2) is 30.3 Å². The van der Waals surface area contributed by atoms with Crippen LogP contribution in [0.4, 0.5) is 0 Å². The van der Waals surface area contributed by atoms with Crippen LogP contribution in [-0.4, -0.2) is 12.5 Å². The molecule has 1 aromatic rings. The van der Waals surface area contributed by atoms with Crippen molar-refractivity contribution in [3.8, 4) is 0 Å². The van der Waals surface area contributed by atoms with Crippen molar-refractivity contribution >= 4 is 5.91 Å². The van der Waals surface area contributed by atoms with Crippen LogP contribution in [-0.2, 0) is 4.79 Å². The van der Waals surface area contributed by atoms with Gasteiger partial charge in [-0.15, -0.1) is 0 Å². The molecule has 18 heavy (non-hydrogen) atoms. The molecule has 1 amide bonds. The summed E-state index contributed by atoms with van der Waals surface area (Å²) < 4.78 is 0. The third kappa shape index (κ3) is 4.88. The van der Waals surface area contributed by atoms with Crippen LogP contribution in [0, 0.1) is 5.92 Å². The standard InChI is InChI=1S/C15H24N2O/c1-12(2)15(13-8-4-3-5-9-13)17-14(18)10-6-7-11-16/h3-5,8-9,12,15H,6-7,10-11,16H2,1-2H3,(H,17,18). The van der Waals surface area contributed by atoms with Gasteiger partial charge in [-0.3, -0.25) is 4.79 Å². The lowest BCUT2D eigenvalue weighted by molar-refractivity contribution is -0.122. The van der Waals surface area contributed by atoms with Crippen molar-refractivity contribution in [2.45, 2.75) is 39.2 Å². The first-order chi connectivity index (χ1) is 8.65. The lowest BCUT2D eigenvalue weighted by Crippen LogP contribution is -2.31. The second-order valence-corrected chi connectivity index (χ2v) is 4.95. The summed E-state index contributed by atoms with van der Waals surface area (Å²) in [4.78, 5) is 11.9.